The van der Waals surface area contributed by atoms with Gasteiger partial charge in [0.25, 0.3) is 10.0 Å². The van der Waals surface area contributed by atoms with Gasteiger partial charge in [-0.1, -0.05) is 29.3 Å². The Morgan fingerprint density at radius 1 is 1.30 bits per heavy atom. The number of anilines is 1. The molecular formula is C20H22N4O4S2. The van der Waals surface area contributed by atoms with Crippen molar-refractivity contribution in [1.82, 2.24) is 14.9 Å². The van der Waals surface area contributed by atoms with Crippen LogP contribution in [0.25, 0.3) is 11.4 Å². The van der Waals surface area contributed by atoms with Gasteiger partial charge < -0.3 is 9.42 Å². The summed E-state index contributed by atoms with van der Waals surface area (Å²) >= 11 is 1.05. The molecule has 1 aromatic carbocycles. The van der Waals surface area contributed by atoms with Crippen LogP contribution in [-0.4, -0.2) is 38.1 Å². The lowest BCUT2D eigenvalue weighted by Gasteiger charge is -2.20. The van der Waals surface area contributed by atoms with Gasteiger partial charge in [-0.05, 0) is 38.0 Å². The number of aromatic nitrogens is 2. The highest BCUT2D eigenvalue weighted by Crippen LogP contribution is 2.36. The Kier molecular flexibility index (Phi) is 5.72. The molecule has 1 aliphatic rings. The molecule has 0 atom stereocenters. The monoisotopic (exact) mass is 446 g/mol. The minimum Gasteiger partial charge on any atom is -0.339 e. The van der Waals surface area contributed by atoms with Crippen LogP contribution in [0.4, 0.5) is 5.69 Å². The van der Waals surface area contributed by atoms with Crippen LogP contribution in [0.15, 0.2) is 44.4 Å². The number of thiophene rings is 1. The summed E-state index contributed by atoms with van der Waals surface area (Å²) in [5, 5.41) is 5.64. The molecule has 1 saturated carbocycles. The Hall–Kier alpha value is -2.56. The van der Waals surface area contributed by atoms with E-state index in [-0.39, 0.29) is 16.7 Å². The molecule has 2 aromatic heterocycles. The molecule has 10 heteroatoms. The first-order valence-electron chi connectivity index (χ1n) is 9.59. The van der Waals surface area contributed by atoms with E-state index < -0.39 is 10.0 Å². The molecule has 30 heavy (non-hydrogen) atoms. The minimum atomic E-state index is -3.83. The first kappa shape index (κ1) is 20.7. The van der Waals surface area contributed by atoms with Crippen LogP contribution in [0, 0.1) is 6.92 Å². The summed E-state index contributed by atoms with van der Waals surface area (Å²) in [7, 11) is -2.22. The fourth-order valence-corrected chi connectivity index (χ4v) is 5.18. The maximum absolute atomic E-state index is 12.6. The first-order chi connectivity index (χ1) is 14.3. The van der Waals surface area contributed by atoms with Crippen molar-refractivity contribution in [3.8, 4) is 11.4 Å². The van der Waals surface area contributed by atoms with E-state index in [1.54, 1.807) is 12.4 Å². The Morgan fingerprint density at radius 2 is 2.03 bits per heavy atom. The van der Waals surface area contributed by atoms with E-state index in [1.807, 2.05) is 31.2 Å². The summed E-state index contributed by atoms with van der Waals surface area (Å²) in [4.78, 5) is 18.2. The van der Waals surface area contributed by atoms with Gasteiger partial charge in [0.1, 0.15) is 4.21 Å². The van der Waals surface area contributed by atoms with Crippen molar-refractivity contribution in [2.24, 2.45) is 0 Å². The molecule has 0 saturated heterocycles. The number of sulfonamides is 1. The average molecular weight is 447 g/mol. The molecular weight excluding hydrogens is 424 g/mol. The largest absolute Gasteiger partial charge is 0.339 e. The topological polar surface area (TPSA) is 105 Å². The maximum Gasteiger partial charge on any atom is 0.250 e. The van der Waals surface area contributed by atoms with Crippen LogP contribution in [-0.2, 0) is 14.8 Å². The van der Waals surface area contributed by atoms with E-state index in [4.69, 9.17) is 4.52 Å². The third-order valence-corrected chi connectivity index (χ3v) is 8.04. The quantitative estimate of drug-likeness (QED) is 0.597. The van der Waals surface area contributed by atoms with Crippen molar-refractivity contribution in [3.05, 3.63) is 47.2 Å². The van der Waals surface area contributed by atoms with Crippen LogP contribution in [0.2, 0.25) is 0 Å². The Morgan fingerprint density at radius 3 is 2.70 bits per heavy atom. The molecule has 8 nitrogen and oxygen atoms in total. The predicted molar refractivity (Wildman–Crippen MR) is 114 cm³/mol. The summed E-state index contributed by atoms with van der Waals surface area (Å²) in [6, 6.07) is 8.91. The van der Waals surface area contributed by atoms with Crippen LogP contribution >= 0.6 is 11.3 Å². The number of rotatable bonds is 7. The number of aryl methyl sites for hydroxylation is 1. The second-order valence-corrected chi connectivity index (χ2v) is 10.3. The van der Waals surface area contributed by atoms with Gasteiger partial charge in [-0.25, -0.2) is 13.1 Å². The number of amides is 1. The highest BCUT2D eigenvalue weighted by Gasteiger charge is 2.26. The summed E-state index contributed by atoms with van der Waals surface area (Å²) < 4.78 is 33.0. The molecule has 2 heterocycles. The Balaban J connectivity index is 1.40. The van der Waals surface area contributed by atoms with Gasteiger partial charge in [0, 0.05) is 29.6 Å². The van der Waals surface area contributed by atoms with Gasteiger partial charge in [0.2, 0.25) is 17.6 Å². The summed E-state index contributed by atoms with van der Waals surface area (Å²) in [6.07, 6.45) is 3.24. The number of hydrogen-bond donors (Lipinski definition) is 1. The normalized spacial score (nSPS) is 14.5. The number of likely N-dealkylation sites (N-methyl/N-ethyl adjacent to an activating group) is 1. The zero-order valence-electron chi connectivity index (χ0n) is 16.7. The van der Waals surface area contributed by atoms with Gasteiger partial charge in [-0.15, -0.1) is 11.3 Å². The summed E-state index contributed by atoms with van der Waals surface area (Å²) in [5.41, 5.74) is 2.36. The zero-order chi connectivity index (χ0) is 21.3. The second kappa shape index (κ2) is 8.29. The first-order valence-corrected chi connectivity index (χ1v) is 11.9. The molecule has 1 amide bonds. The molecule has 1 aliphatic carbocycles. The molecule has 0 spiro atoms. The van der Waals surface area contributed by atoms with Crippen molar-refractivity contribution in [2.45, 2.75) is 36.3 Å². The van der Waals surface area contributed by atoms with E-state index >= 15 is 0 Å². The van der Waals surface area contributed by atoms with Crippen LogP contribution in [0.1, 0.15) is 36.6 Å². The molecule has 158 valence electrons. The molecule has 0 bridgehead atoms. The SMILES string of the molecule is Cc1ccc(N(C)C(=O)CNS(=O)(=O)c2cc(-c3noc(C4CCC4)n3)cs2)cc1. The lowest BCUT2D eigenvalue weighted by molar-refractivity contribution is -0.117. The molecule has 4 rings (SSSR count). The average Bonchev–Trinajstić information content (AvgIpc) is 3.35. The number of hydrogen-bond acceptors (Lipinski definition) is 7. The molecule has 1 fully saturated rings. The van der Waals surface area contributed by atoms with E-state index in [2.05, 4.69) is 14.9 Å². The van der Waals surface area contributed by atoms with E-state index in [1.165, 1.54) is 11.0 Å². The highest BCUT2D eigenvalue weighted by molar-refractivity contribution is 7.91. The standard InChI is InChI=1S/C20H22N4O4S2/c1-13-6-8-16(9-7-13)24(2)17(25)11-21-30(26,27)18-10-15(12-29-18)19-22-20(28-23-19)14-4-3-5-14/h6-10,12,14,21H,3-5,11H2,1-2H3. The molecule has 0 aliphatic heterocycles. The van der Waals surface area contributed by atoms with Gasteiger partial charge in [-0.2, -0.15) is 4.98 Å². The van der Waals surface area contributed by atoms with Gasteiger partial charge in [-0.3, -0.25) is 4.79 Å². The van der Waals surface area contributed by atoms with Crippen LogP contribution in [0.3, 0.4) is 0 Å². The van der Waals surface area contributed by atoms with E-state index in [0.717, 1.165) is 36.2 Å². The zero-order valence-corrected chi connectivity index (χ0v) is 18.3. The fourth-order valence-electron chi connectivity index (χ4n) is 3.01. The molecule has 1 N–H and O–H groups in total. The third-order valence-electron chi connectivity index (χ3n) is 5.20. The lowest BCUT2D eigenvalue weighted by atomic mass is 9.85. The highest BCUT2D eigenvalue weighted by atomic mass is 32.2. The number of benzene rings is 1. The summed E-state index contributed by atoms with van der Waals surface area (Å²) in [5.74, 6) is 0.938. The number of nitrogens with one attached hydrogen (secondary N) is 1. The Labute approximate surface area is 179 Å². The van der Waals surface area contributed by atoms with Crippen LogP contribution < -0.4 is 9.62 Å². The van der Waals surface area contributed by atoms with Crippen molar-refractivity contribution >= 4 is 33.0 Å². The Bertz CT molecular complexity index is 1150. The van der Waals surface area contributed by atoms with Gasteiger partial charge >= 0.3 is 0 Å². The predicted octanol–water partition coefficient (Wildman–Crippen LogP) is 3.32. The van der Waals surface area contributed by atoms with Crippen LogP contribution in [0.5, 0.6) is 0 Å². The number of nitrogens with zero attached hydrogens (tertiary/aromatic N) is 3. The second-order valence-electron chi connectivity index (χ2n) is 7.35. The molecule has 3 aromatic rings. The van der Waals surface area contributed by atoms with E-state index in [9.17, 15) is 13.2 Å². The van der Waals surface area contributed by atoms with Gasteiger partial charge in [0.05, 0.1) is 6.54 Å². The third kappa shape index (κ3) is 4.30. The van der Waals surface area contributed by atoms with Crippen molar-refractivity contribution in [1.29, 1.82) is 0 Å². The smallest absolute Gasteiger partial charge is 0.250 e. The van der Waals surface area contributed by atoms with Crippen molar-refractivity contribution in [3.63, 3.8) is 0 Å². The molecule has 0 radical (unpaired) electrons. The van der Waals surface area contributed by atoms with Gasteiger partial charge in [0.15, 0.2) is 0 Å². The number of carbonyl (C=O) groups is 1. The summed E-state index contributed by atoms with van der Waals surface area (Å²) in [6.45, 7) is 1.62. The lowest BCUT2D eigenvalue weighted by Crippen LogP contribution is -2.37. The van der Waals surface area contributed by atoms with Crippen molar-refractivity contribution < 1.29 is 17.7 Å². The maximum atomic E-state index is 12.6. The molecule has 0 unspecified atom stereocenters. The van der Waals surface area contributed by atoms with E-state index in [0.29, 0.717) is 28.9 Å². The number of carbonyl (C=O) groups excluding carboxylic acids is 1. The fraction of sp³-hybridized carbons (Fsp3) is 0.350. The minimum absolute atomic E-state index is 0.0956. The van der Waals surface area contributed by atoms with Crippen molar-refractivity contribution in [2.75, 3.05) is 18.5 Å².